The third-order valence-electron chi connectivity index (χ3n) is 2.07. The van der Waals surface area contributed by atoms with E-state index in [0.717, 1.165) is 12.0 Å². The van der Waals surface area contributed by atoms with Crippen molar-refractivity contribution < 1.29 is 0 Å². The maximum absolute atomic E-state index is 5.89. The van der Waals surface area contributed by atoms with Gasteiger partial charge in [-0.15, -0.1) is 12.3 Å². The number of halogens is 2. The average Bonchev–Trinajstić information content (AvgIpc) is 2.23. The molecule has 2 nitrogen and oxygen atoms in total. The fourth-order valence-electron chi connectivity index (χ4n) is 1.28. The lowest BCUT2D eigenvalue weighted by Crippen LogP contribution is -2.36. The number of hydrogen-bond acceptors (Lipinski definition) is 2. The SMILES string of the molecule is C#CCC(Cc1ccc(Cl)c(Cl)c1)NN. The van der Waals surface area contributed by atoms with Gasteiger partial charge in [0.05, 0.1) is 10.0 Å². The maximum atomic E-state index is 5.89. The molecule has 0 amide bonds. The van der Waals surface area contributed by atoms with Gasteiger partial charge in [-0.3, -0.25) is 11.3 Å². The molecular formula is C11H12Cl2N2. The van der Waals surface area contributed by atoms with Crippen LogP contribution in [0.4, 0.5) is 0 Å². The van der Waals surface area contributed by atoms with Crippen molar-refractivity contribution >= 4 is 23.2 Å². The second-order valence-corrected chi connectivity index (χ2v) is 4.04. The highest BCUT2D eigenvalue weighted by molar-refractivity contribution is 6.42. The lowest BCUT2D eigenvalue weighted by atomic mass is 10.0. The Hall–Kier alpha value is -0.720. The van der Waals surface area contributed by atoms with Crippen LogP contribution < -0.4 is 11.3 Å². The first-order chi connectivity index (χ1) is 7.17. The van der Waals surface area contributed by atoms with E-state index >= 15 is 0 Å². The summed E-state index contributed by atoms with van der Waals surface area (Å²) in [5, 5.41) is 1.10. The van der Waals surface area contributed by atoms with Crippen LogP contribution >= 0.6 is 23.2 Å². The van der Waals surface area contributed by atoms with Gasteiger partial charge in [0.25, 0.3) is 0 Å². The Kier molecular flexibility index (Phi) is 4.93. The Balaban J connectivity index is 2.71. The number of hydrogen-bond donors (Lipinski definition) is 2. The van der Waals surface area contributed by atoms with E-state index < -0.39 is 0 Å². The van der Waals surface area contributed by atoms with E-state index in [9.17, 15) is 0 Å². The first-order valence-corrected chi connectivity index (χ1v) is 5.26. The summed E-state index contributed by atoms with van der Waals surface area (Å²) >= 11 is 11.7. The van der Waals surface area contributed by atoms with Crippen LogP contribution in [-0.4, -0.2) is 6.04 Å². The summed E-state index contributed by atoms with van der Waals surface area (Å²) in [7, 11) is 0. The summed E-state index contributed by atoms with van der Waals surface area (Å²) < 4.78 is 0. The molecule has 0 spiro atoms. The second-order valence-electron chi connectivity index (χ2n) is 3.22. The van der Waals surface area contributed by atoms with Crippen molar-refractivity contribution in [1.29, 1.82) is 0 Å². The van der Waals surface area contributed by atoms with Crippen molar-refractivity contribution in [3.05, 3.63) is 33.8 Å². The monoisotopic (exact) mass is 242 g/mol. The molecule has 0 aliphatic carbocycles. The Morgan fingerprint density at radius 1 is 1.40 bits per heavy atom. The number of nitrogens with one attached hydrogen (secondary N) is 1. The van der Waals surface area contributed by atoms with Crippen molar-refractivity contribution in [3.63, 3.8) is 0 Å². The quantitative estimate of drug-likeness (QED) is 0.484. The van der Waals surface area contributed by atoms with Gasteiger partial charge < -0.3 is 0 Å². The van der Waals surface area contributed by atoms with Crippen molar-refractivity contribution in [3.8, 4) is 12.3 Å². The molecule has 4 heteroatoms. The Bertz CT molecular complexity index is 371. The van der Waals surface area contributed by atoms with E-state index in [2.05, 4.69) is 11.3 Å². The normalized spacial score (nSPS) is 12.1. The zero-order chi connectivity index (χ0) is 11.3. The molecule has 0 radical (unpaired) electrons. The molecule has 0 aliphatic rings. The maximum Gasteiger partial charge on any atom is 0.0595 e. The smallest absolute Gasteiger partial charge is 0.0595 e. The molecule has 1 atom stereocenters. The molecule has 80 valence electrons. The molecular weight excluding hydrogens is 231 g/mol. The zero-order valence-electron chi connectivity index (χ0n) is 8.13. The third kappa shape index (κ3) is 3.73. The first kappa shape index (κ1) is 12.4. The molecule has 0 saturated carbocycles. The first-order valence-electron chi connectivity index (χ1n) is 4.51. The Morgan fingerprint density at radius 2 is 2.13 bits per heavy atom. The molecule has 0 aromatic heterocycles. The summed E-state index contributed by atoms with van der Waals surface area (Å²) in [6.45, 7) is 0. The molecule has 0 heterocycles. The number of hydrazine groups is 1. The van der Waals surface area contributed by atoms with Crippen LogP contribution in [0.1, 0.15) is 12.0 Å². The van der Waals surface area contributed by atoms with E-state index in [0.29, 0.717) is 16.5 Å². The number of terminal acetylenes is 1. The molecule has 0 saturated heterocycles. The number of nitrogens with two attached hydrogens (primary N) is 1. The van der Waals surface area contributed by atoms with Gasteiger partial charge in [0.15, 0.2) is 0 Å². The van der Waals surface area contributed by atoms with Crippen LogP contribution in [0.2, 0.25) is 10.0 Å². The number of rotatable bonds is 4. The summed E-state index contributed by atoms with van der Waals surface area (Å²) in [5.74, 6) is 7.93. The van der Waals surface area contributed by atoms with Crippen LogP contribution in [-0.2, 0) is 6.42 Å². The van der Waals surface area contributed by atoms with E-state index in [-0.39, 0.29) is 6.04 Å². The van der Waals surface area contributed by atoms with E-state index in [1.165, 1.54) is 0 Å². The minimum absolute atomic E-state index is 0.0623. The molecule has 1 unspecified atom stereocenters. The zero-order valence-corrected chi connectivity index (χ0v) is 9.65. The van der Waals surface area contributed by atoms with Crippen LogP contribution in [0.25, 0.3) is 0 Å². The molecule has 0 aliphatic heterocycles. The van der Waals surface area contributed by atoms with Gasteiger partial charge in [-0.05, 0) is 24.1 Å². The minimum Gasteiger partial charge on any atom is -0.271 e. The van der Waals surface area contributed by atoms with E-state index in [1.54, 1.807) is 6.07 Å². The van der Waals surface area contributed by atoms with Gasteiger partial charge in [0.1, 0.15) is 0 Å². The van der Waals surface area contributed by atoms with Crippen LogP contribution in [0.5, 0.6) is 0 Å². The summed E-state index contributed by atoms with van der Waals surface area (Å²) in [5.41, 5.74) is 3.72. The van der Waals surface area contributed by atoms with Crippen molar-refractivity contribution in [2.45, 2.75) is 18.9 Å². The van der Waals surface area contributed by atoms with Crippen molar-refractivity contribution in [1.82, 2.24) is 5.43 Å². The van der Waals surface area contributed by atoms with Gasteiger partial charge in [-0.2, -0.15) is 0 Å². The molecule has 1 rings (SSSR count). The highest BCUT2D eigenvalue weighted by Crippen LogP contribution is 2.23. The second kappa shape index (κ2) is 5.99. The minimum atomic E-state index is 0.0623. The lowest BCUT2D eigenvalue weighted by molar-refractivity contribution is 0.537. The highest BCUT2D eigenvalue weighted by atomic mass is 35.5. The average molecular weight is 243 g/mol. The standard InChI is InChI=1S/C11H12Cl2N2/c1-2-3-9(15-14)6-8-4-5-10(12)11(13)7-8/h1,4-5,7,9,15H,3,6,14H2. The molecule has 0 fully saturated rings. The van der Waals surface area contributed by atoms with Crippen LogP contribution in [0, 0.1) is 12.3 Å². The van der Waals surface area contributed by atoms with Gasteiger partial charge >= 0.3 is 0 Å². The highest BCUT2D eigenvalue weighted by Gasteiger charge is 2.07. The number of benzene rings is 1. The van der Waals surface area contributed by atoms with Gasteiger partial charge in [0, 0.05) is 12.5 Å². The van der Waals surface area contributed by atoms with Crippen LogP contribution in [0.15, 0.2) is 18.2 Å². The summed E-state index contributed by atoms with van der Waals surface area (Å²) in [6, 6.07) is 5.56. The lowest BCUT2D eigenvalue weighted by Gasteiger charge is -2.13. The van der Waals surface area contributed by atoms with Gasteiger partial charge in [-0.25, -0.2) is 0 Å². The fourth-order valence-corrected chi connectivity index (χ4v) is 1.60. The molecule has 15 heavy (non-hydrogen) atoms. The molecule has 3 N–H and O–H groups in total. The van der Waals surface area contributed by atoms with E-state index in [4.69, 9.17) is 35.5 Å². The Morgan fingerprint density at radius 3 is 2.67 bits per heavy atom. The topological polar surface area (TPSA) is 38.0 Å². The van der Waals surface area contributed by atoms with Gasteiger partial charge in [0.2, 0.25) is 0 Å². The van der Waals surface area contributed by atoms with Gasteiger partial charge in [-0.1, -0.05) is 29.3 Å². The van der Waals surface area contributed by atoms with Crippen molar-refractivity contribution in [2.75, 3.05) is 0 Å². The third-order valence-corrected chi connectivity index (χ3v) is 2.81. The fraction of sp³-hybridized carbons (Fsp3) is 0.273. The van der Waals surface area contributed by atoms with Crippen molar-refractivity contribution in [2.24, 2.45) is 5.84 Å². The predicted octanol–water partition coefficient (Wildman–Crippen LogP) is 2.39. The predicted molar refractivity (Wildman–Crippen MR) is 64.7 cm³/mol. The van der Waals surface area contributed by atoms with Crippen LogP contribution in [0.3, 0.4) is 0 Å². The largest absolute Gasteiger partial charge is 0.271 e. The summed E-state index contributed by atoms with van der Waals surface area (Å²) in [4.78, 5) is 0. The molecule has 1 aromatic carbocycles. The summed E-state index contributed by atoms with van der Waals surface area (Å²) in [6.07, 6.45) is 6.53. The molecule has 0 bridgehead atoms. The molecule has 1 aromatic rings. The van der Waals surface area contributed by atoms with E-state index in [1.807, 2.05) is 12.1 Å². The Labute approximate surface area is 99.7 Å².